The van der Waals surface area contributed by atoms with Gasteiger partial charge in [-0.2, -0.15) is 0 Å². The van der Waals surface area contributed by atoms with Gasteiger partial charge in [0.15, 0.2) is 0 Å². The normalized spacial score (nSPS) is 10.4. The summed E-state index contributed by atoms with van der Waals surface area (Å²) in [5.74, 6) is 0.771. The fourth-order valence-corrected chi connectivity index (χ4v) is 2.39. The summed E-state index contributed by atoms with van der Waals surface area (Å²) in [5.41, 5.74) is 3.49. The average Bonchev–Trinajstić information content (AvgIpc) is 2.56. The van der Waals surface area contributed by atoms with Crippen LogP contribution in [0.25, 0.3) is 0 Å². The number of aromatic nitrogens is 2. The van der Waals surface area contributed by atoms with Crippen molar-refractivity contribution >= 4 is 5.95 Å². The Bertz CT molecular complexity index is 670. The molecule has 0 unspecified atom stereocenters. The summed E-state index contributed by atoms with van der Waals surface area (Å²) < 4.78 is 0. The number of aryl methyl sites for hydroxylation is 1. The van der Waals surface area contributed by atoms with E-state index in [1.54, 1.807) is 0 Å². The van der Waals surface area contributed by atoms with Gasteiger partial charge in [-0.05, 0) is 24.1 Å². The first-order chi connectivity index (χ1) is 10.8. The molecule has 0 saturated carbocycles. The highest BCUT2D eigenvalue weighted by atomic mass is 15.2. The van der Waals surface area contributed by atoms with E-state index in [-0.39, 0.29) is 0 Å². The summed E-state index contributed by atoms with van der Waals surface area (Å²) in [6.45, 7) is 3.58. The predicted molar refractivity (Wildman–Crippen MR) is 89.5 cm³/mol. The highest BCUT2D eigenvalue weighted by Crippen LogP contribution is 2.16. The predicted octanol–water partition coefficient (Wildman–Crippen LogP) is 3.99. The summed E-state index contributed by atoms with van der Waals surface area (Å²) in [6.07, 6.45) is 1.82. The lowest BCUT2D eigenvalue weighted by Crippen LogP contribution is -2.24. The van der Waals surface area contributed by atoms with Gasteiger partial charge in [0.25, 0.3) is 0 Å². The van der Waals surface area contributed by atoms with Gasteiger partial charge in [0.1, 0.15) is 0 Å². The fourth-order valence-electron chi connectivity index (χ4n) is 2.39. The van der Waals surface area contributed by atoms with Crippen LogP contribution in [0.1, 0.15) is 16.8 Å². The molecule has 0 aliphatic carbocycles. The van der Waals surface area contributed by atoms with Gasteiger partial charge in [0.2, 0.25) is 5.95 Å². The third-order valence-corrected chi connectivity index (χ3v) is 3.50. The van der Waals surface area contributed by atoms with Crippen molar-refractivity contribution in [2.24, 2.45) is 0 Å². The minimum Gasteiger partial charge on any atom is -0.332 e. The SMILES string of the molecule is Cc1ccnc(N(Cc2ccccc2)Cc2ccccc2)n1. The van der Waals surface area contributed by atoms with Gasteiger partial charge < -0.3 is 4.90 Å². The van der Waals surface area contributed by atoms with Crippen LogP contribution in [0.15, 0.2) is 72.9 Å². The van der Waals surface area contributed by atoms with Gasteiger partial charge in [-0.25, -0.2) is 9.97 Å². The molecule has 3 rings (SSSR count). The van der Waals surface area contributed by atoms with Crippen LogP contribution in [0, 0.1) is 6.92 Å². The van der Waals surface area contributed by atoms with Crippen molar-refractivity contribution in [3.63, 3.8) is 0 Å². The zero-order valence-corrected chi connectivity index (χ0v) is 12.7. The Morgan fingerprint density at radius 1 is 0.773 bits per heavy atom. The maximum atomic E-state index is 4.58. The van der Waals surface area contributed by atoms with Gasteiger partial charge in [0, 0.05) is 25.0 Å². The van der Waals surface area contributed by atoms with E-state index in [1.165, 1.54) is 11.1 Å². The molecular formula is C19H19N3. The second-order valence-electron chi connectivity index (χ2n) is 5.33. The number of anilines is 1. The molecule has 1 heterocycles. The Hall–Kier alpha value is -2.68. The van der Waals surface area contributed by atoms with Crippen LogP contribution in [-0.2, 0) is 13.1 Å². The van der Waals surface area contributed by atoms with E-state index in [2.05, 4.69) is 63.4 Å². The van der Waals surface area contributed by atoms with Crippen molar-refractivity contribution in [3.05, 3.63) is 89.7 Å². The Labute approximate surface area is 131 Å². The number of hydrogen-bond donors (Lipinski definition) is 0. The van der Waals surface area contributed by atoms with Crippen molar-refractivity contribution in [1.29, 1.82) is 0 Å². The minimum absolute atomic E-state index is 0.771. The zero-order chi connectivity index (χ0) is 15.2. The zero-order valence-electron chi connectivity index (χ0n) is 12.7. The van der Waals surface area contributed by atoms with E-state index in [0.717, 1.165) is 24.7 Å². The molecule has 0 atom stereocenters. The maximum Gasteiger partial charge on any atom is 0.226 e. The molecule has 2 aromatic carbocycles. The van der Waals surface area contributed by atoms with Gasteiger partial charge in [0.05, 0.1) is 0 Å². The van der Waals surface area contributed by atoms with E-state index >= 15 is 0 Å². The number of rotatable bonds is 5. The van der Waals surface area contributed by atoms with E-state index < -0.39 is 0 Å². The van der Waals surface area contributed by atoms with E-state index in [0.29, 0.717) is 0 Å². The molecule has 3 heteroatoms. The average molecular weight is 289 g/mol. The van der Waals surface area contributed by atoms with Crippen molar-refractivity contribution in [2.45, 2.75) is 20.0 Å². The van der Waals surface area contributed by atoms with E-state index in [1.807, 2.05) is 31.3 Å². The monoisotopic (exact) mass is 289 g/mol. The lowest BCUT2D eigenvalue weighted by Gasteiger charge is -2.23. The maximum absolute atomic E-state index is 4.58. The molecule has 0 saturated heterocycles. The lowest BCUT2D eigenvalue weighted by atomic mass is 10.2. The third-order valence-electron chi connectivity index (χ3n) is 3.50. The Balaban J connectivity index is 1.88. The molecule has 0 aliphatic heterocycles. The van der Waals surface area contributed by atoms with E-state index in [9.17, 15) is 0 Å². The van der Waals surface area contributed by atoms with Gasteiger partial charge in [-0.3, -0.25) is 0 Å². The van der Waals surface area contributed by atoms with Crippen LogP contribution in [0.3, 0.4) is 0 Å². The fraction of sp³-hybridized carbons (Fsp3) is 0.158. The summed E-state index contributed by atoms with van der Waals surface area (Å²) in [5, 5.41) is 0. The number of benzene rings is 2. The Morgan fingerprint density at radius 3 is 1.82 bits per heavy atom. The minimum atomic E-state index is 0.771. The molecule has 0 bridgehead atoms. The largest absolute Gasteiger partial charge is 0.332 e. The quantitative estimate of drug-likeness (QED) is 0.711. The van der Waals surface area contributed by atoms with Crippen LogP contribution >= 0.6 is 0 Å². The van der Waals surface area contributed by atoms with Gasteiger partial charge in [-0.1, -0.05) is 60.7 Å². The molecule has 1 aromatic heterocycles. The standard InChI is InChI=1S/C19H19N3/c1-16-12-13-20-19(21-16)22(14-17-8-4-2-5-9-17)15-18-10-6-3-7-11-18/h2-13H,14-15H2,1H3. The summed E-state index contributed by atoms with van der Waals surface area (Å²) in [7, 11) is 0. The molecule has 0 aliphatic rings. The first-order valence-electron chi connectivity index (χ1n) is 7.44. The molecule has 22 heavy (non-hydrogen) atoms. The lowest BCUT2D eigenvalue weighted by molar-refractivity contribution is 0.760. The molecule has 0 amide bonds. The van der Waals surface area contributed by atoms with Crippen molar-refractivity contribution in [2.75, 3.05) is 4.90 Å². The summed E-state index contributed by atoms with van der Waals surface area (Å²) in [6, 6.07) is 22.8. The summed E-state index contributed by atoms with van der Waals surface area (Å²) >= 11 is 0. The topological polar surface area (TPSA) is 29.0 Å². The smallest absolute Gasteiger partial charge is 0.226 e. The second-order valence-corrected chi connectivity index (χ2v) is 5.33. The molecular weight excluding hydrogens is 270 g/mol. The molecule has 0 spiro atoms. The molecule has 0 fully saturated rings. The van der Waals surface area contributed by atoms with Crippen molar-refractivity contribution in [3.8, 4) is 0 Å². The first kappa shape index (κ1) is 14.3. The van der Waals surface area contributed by atoms with Crippen LogP contribution < -0.4 is 4.90 Å². The Morgan fingerprint density at radius 2 is 1.32 bits per heavy atom. The molecule has 3 nitrogen and oxygen atoms in total. The molecule has 0 N–H and O–H groups in total. The van der Waals surface area contributed by atoms with Gasteiger partial charge >= 0.3 is 0 Å². The second kappa shape index (κ2) is 6.85. The van der Waals surface area contributed by atoms with Gasteiger partial charge in [-0.15, -0.1) is 0 Å². The number of nitrogens with zero attached hydrogens (tertiary/aromatic N) is 3. The molecule has 110 valence electrons. The molecule has 3 aromatic rings. The highest BCUT2D eigenvalue weighted by Gasteiger charge is 2.11. The van der Waals surface area contributed by atoms with Crippen LogP contribution in [0.5, 0.6) is 0 Å². The molecule has 0 radical (unpaired) electrons. The van der Waals surface area contributed by atoms with Crippen LogP contribution in [-0.4, -0.2) is 9.97 Å². The van der Waals surface area contributed by atoms with Crippen LogP contribution in [0.2, 0.25) is 0 Å². The van der Waals surface area contributed by atoms with E-state index in [4.69, 9.17) is 0 Å². The summed E-state index contributed by atoms with van der Waals surface area (Å²) in [4.78, 5) is 11.2. The first-order valence-corrected chi connectivity index (χ1v) is 7.44. The Kier molecular flexibility index (Phi) is 4.44. The van der Waals surface area contributed by atoms with Crippen molar-refractivity contribution < 1.29 is 0 Å². The third kappa shape index (κ3) is 3.70. The van der Waals surface area contributed by atoms with Crippen LogP contribution in [0.4, 0.5) is 5.95 Å². The highest BCUT2D eigenvalue weighted by molar-refractivity contribution is 5.35. The van der Waals surface area contributed by atoms with Crippen molar-refractivity contribution in [1.82, 2.24) is 9.97 Å². The number of hydrogen-bond acceptors (Lipinski definition) is 3.